The maximum absolute atomic E-state index is 3.67. The highest BCUT2D eigenvalue weighted by atomic mass is 32.1. The Bertz CT molecular complexity index is 340. The van der Waals surface area contributed by atoms with Gasteiger partial charge in [-0.15, -0.1) is 11.3 Å². The van der Waals surface area contributed by atoms with Crippen molar-refractivity contribution in [3.63, 3.8) is 0 Å². The first-order chi connectivity index (χ1) is 8.29. The molecule has 1 atom stereocenters. The molecule has 0 aromatic carbocycles. The number of hydrogen-bond donors (Lipinski definition) is 2. The van der Waals surface area contributed by atoms with Crippen LogP contribution in [0.25, 0.3) is 0 Å². The summed E-state index contributed by atoms with van der Waals surface area (Å²) in [4.78, 5) is 1.51. The van der Waals surface area contributed by atoms with E-state index in [1.54, 1.807) is 0 Å². The number of thiophene rings is 1. The van der Waals surface area contributed by atoms with Crippen molar-refractivity contribution in [1.82, 2.24) is 10.6 Å². The van der Waals surface area contributed by atoms with Crippen molar-refractivity contribution in [2.24, 2.45) is 0 Å². The Hall–Kier alpha value is -0.380. The highest BCUT2D eigenvalue weighted by molar-refractivity contribution is 7.10. The molecule has 1 fully saturated rings. The molecule has 0 radical (unpaired) electrons. The van der Waals surface area contributed by atoms with Gasteiger partial charge in [-0.1, -0.05) is 13.8 Å². The molecule has 1 aliphatic heterocycles. The summed E-state index contributed by atoms with van der Waals surface area (Å²) in [6, 6.07) is 2.26. The summed E-state index contributed by atoms with van der Waals surface area (Å²) in [5, 5.41) is 9.52. The van der Waals surface area contributed by atoms with Gasteiger partial charge >= 0.3 is 0 Å². The zero-order valence-corrected chi connectivity index (χ0v) is 11.8. The Morgan fingerprint density at radius 3 is 3.00 bits per heavy atom. The molecule has 17 heavy (non-hydrogen) atoms. The van der Waals surface area contributed by atoms with Gasteiger partial charge < -0.3 is 10.6 Å². The summed E-state index contributed by atoms with van der Waals surface area (Å²) in [5.74, 6) is 0. The van der Waals surface area contributed by atoms with E-state index in [1.807, 2.05) is 11.3 Å². The Morgan fingerprint density at radius 1 is 1.47 bits per heavy atom. The van der Waals surface area contributed by atoms with E-state index in [1.165, 1.54) is 36.2 Å². The van der Waals surface area contributed by atoms with Gasteiger partial charge in [-0.3, -0.25) is 0 Å². The number of hydrogen-bond acceptors (Lipinski definition) is 3. The third-order valence-corrected chi connectivity index (χ3v) is 4.94. The smallest absolute Gasteiger partial charge is 0.0304 e. The molecule has 96 valence electrons. The van der Waals surface area contributed by atoms with E-state index in [2.05, 4.69) is 35.9 Å². The molecule has 2 rings (SSSR count). The molecule has 0 saturated carbocycles. The number of rotatable bonds is 6. The molecule has 1 unspecified atom stereocenters. The van der Waals surface area contributed by atoms with E-state index in [9.17, 15) is 0 Å². The zero-order valence-electron chi connectivity index (χ0n) is 11.0. The lowest BCUT2D eigenvalue weighted by Crippen LogP contribution is -2.47. The standard InChI is InChI=1S/C14H24N2S/c1-3-12-6-9-17-13(12)10-15-11-14(4-2)7-5-8-16-14/h6,9,15-16H,3-5,7-8,10-11H2,1-2H3. The molecule has 1 aromatic rings. The molecular weight excluding hydrogens is 228 g/mol. The van der Waals surface area contributed by atoms with Crippen molar-refractivity contribution in [3.8, 4) is 0 Å². The summed E-state index contributed by atoms with van der Waals surface area (Å²) in [6.07, 6.45) is 5.03. The van der Waals surface area contributed by atoms with Gasteiger partial charge in [-0.05, 0) is 49.2 Å². The molecule has 0 bridgehead atoms. The van der Waals surface area contributed by atoms with Crippen LogP contribution in [0.1, 0.15) is 43.6 Å². The van der Waals surface area contributed by atoms with Crippen molar-refractivity contribution in [2.45, 2.75) is 51.6 Å². The first-order valence-corrected chi connectivity index (χ1v) is 7.68. The van der Waals surface area contributed by atoms with Crippen LogP contribution >= 0.6 is 11.3 Å². The minimum Gasteiger partial charge on any atom is -0.310 e. The van der Waals surface area contributed by atoms with Crippen LogP contribution in [-0.2, 0) is 13.0 Å². The predicted molar refractivity (Wildman–Crippen MR) is 75.7 cm³/mol. The van der Waals surface area contributed by atoms with Gasteiger partial charge in [-0.25, -0.2) is 0 Å². The van der Waals surface area contributed by atoms with Crippen molar-refractivity contribution in [3.05, 3.63) is 21.9 Å². The van der Waals surface area contributed by atoms with Crippen molar-refractivity contribution in [1.29, 1.82) is 0 Å². The molecule has 2 heterocycles. The van der Waals surface area contributed by atoms with Crippen molar-refractivity contribution < 1.29 is 0 Å². The Morgan fingerprint density at radius 2 is 2.35 bits per heavy atom. The average Bonchev–Trinajstić information content (AvgIpc) is 2.98. The molecule has 0 spiro atoms. The molecular formula is C14H24N2S. The first kappa shape index (κ1) is 13.1. The Kier molecular flexibility index (Phi) is 4.60. The van der Waals surface area contributed by atoms with E-state index in [0.717, 1.165) is 19.5 Å². The number of aryl methyl sites for hydroxylation is 1. The summed E-state index contributed by atoms with van der Waals surface area (Å²) < 4.78 is 0. The fourth-order valence-corrected chi connectivity index (χ4v) is 3.64. The lowest BCUT2D eigenvalue weighted by molar-refractivity contribution is 0.340. The quantitative estimate of drug-likeness (QED) is 0.813. The lowest BCUT2D eigenvalue weighted by atomic mass is 9.94. The van der Waals surface area contributed by atoms with Crippen LogP contribution in [0.3, 0.4) is 0 Å². The monoisotopic (exact) mass is 252 g/mol. The third-order valence-electron chi connectivity index (χ3n) is 3.98. The maximum atomic E-state index is 3.67. The van der Waals surface area contributed by atoms with Crippen LogP contribution in [0.2, 0.25) is 0 Å². The largest absolute Gasteiger partial charge is 0.310 e. The molecule has 0 aliphatic carbocycles. The highest BCUT2D eigenvalue weighted by Crippen LogP contribution is 2.22. The van der Waals surface area contributed by atoms with Crippen LogP contribution in [0.4, 0.5) is 0 Å². The molecule has 2 N–H and O–H groups in total. The van der Waals surface area contributed by atoms with Gasteiger partial charge in [0.15, 0.2) is 0 Å². The third kappa shape index (κ3) is 3.09. The van der Waals surface area contributed by atoms with Crippen LogP contribution in [0.15, 0.2) is 11.4 Å². The topological polar surface area (TPSA) is 24.1 Å². The fourth-order valence-electron chi connectivity index (χ4n) is 2.70. The Labute approximate surface area is 109 Å². The minimum atomic E-state index is 0.365. The molecule has 1 saturated heterocycles. The predicted octanol–water partition coefficient (Wildman–Crippen LogP) is 2.93. The summed E-state index contributed by atoms with van der Waals surface area (Å²) >= 11 is 1.88. The summed E-state index contributed by atoms with van der Waals surface area (Å²) in [6.45, 7) is 7.85. The van der Waals surface area contributed by atoms with Crippen LogP contribution in [0.5, 0.6) is 0 Å². The number of nitrogens with one attached hydrogen (secondary N) is 2. The summed E-state index contributed by atoms with van der Waals surface area (Å²) in [7, 11) is 0. The van der Waals surface area contributed by atoms with E-state index < -0.39 is 0 Å². The van der Waals surface area contributed by atoms with Gasteiger partial charge in [0.1, 0.15) is 0 Å². The molecule has 0 amide bonds. The molecule has 2 nitrogen and oxygen atoms in total. The maximum Gasteiger partial charge on any atom is 0.0304 e. The molecule has 1 aliphatic rings. The van der Waals surface area contributed by atoms with E-state index >= 15 is 0 Å². The van der Waals surface area contributed by atoms with Crippen LogP contribution in [-0.4, -0.2) is 18.6 Å². The van der Waals surface area contributed by atoms with Crippen molar-refractivity contribution >= 4 is 11.3 Å². The second kappa shape index (κ2) is 5.98. The second-order valence-electron chi connectivity index (χ2n) is 4.99. The molecule has 3 heteroatoms. The van der Waals surface area contributed by atoms with Gasteiger partial charge in [0.05, 0.1) is 0 Å². The van der Waals surface area contributed by atoms with E-state index in [-0.39, 0.29) is 0 Å². The average molecular weight is 252 g/mol. The van der Waals surface area contributed by atoms with Gasteiger partial charge in [-0.2, -0.15) is 0 Å². The highest BCUT2D eigenvalue weighted by Gasteiger charge is 2.30. The SMILES string of the molecule is CCc1ccsc1CNCC1(CC)CCCN1. The normalized spacial score (nSPS) is 24.4. The lowest BCUT2D eigenvalue weighted by Gasteiger charge is -2.28. The molecule has 1 aromatic heterocycles. The Balaban J connectivity index is 1.82. The van der Waals surface area contributed by atoms with E-state index in [0.29, 0.717) is 5.54 Å². The fraction of sp³-hybridized carbons (Fsp3) is 0.714. The van der Waals surface area contributed by atoms with Gasteiger partial charge in [0.25, 0.3) is 0 Å². The minimum absolute atomic E-state index is 0.365. The second-order valence-corrected chi connectivity index (χ2v) is 5.99. The first-order valence-electron chi connectivity index (χ1n) is 6.80. The zero-order chi connectivity index (χ0) is 12.1. The van der Waals surface area contributed by atoms with Crippen molar-refractivity contribution in [2.75, 3.05) is 13.1 Å². The van der Waals surface area contributed by atoms with Crippen LogP contribution in [0, 0.1) is 0 Å². The van der Waals surface area contributed by atoms with Crippen LogP contribution < -0.4 is 10.6 Å². The van der Waals surface area contributed by atoms with Gasteiger partial charge in [0, 0.05) is 23.5 Å². The van der Waals surface area contributed by atoms with Gasteiger partial charge in [0.2, 0.25) is 0 Å². The summed E-state index contributed by atoms with van der Waals surface area (Å²) in [5.41, 5.74) is 1.87. The van der Waals surface area contributed by atoms with E-state index in [4.69, 9.17) is 0 Å².